The number of benzene rings is 1. The molecule has 4 nitrogen and oxygen atoms in total. The van der Waals surface area contributed by atoms with Crippen molar-refractivity contribution in [3.8, 4) is 0 Å². The Morgan fingerprint density at radius 2 is 2.00 bits per heavy atom. The lowest BCUT2D eigenvalue weighted by Crippen LogP contribution is -2.17. The van der Waals surface area contributed by atoms with Gasteiger partial charge in [-0.15, -0.1) is 5.10 Å². The van der Waals surface area contributed by atoms with Gasteiger partial charge in [0.2, 0.25) is 0 Å². The van der Waals surface area contributed by atoms with Crippen LogP contribution in [0.4, 0.5) is 0 Å². The molecule has 1 aromatic carbocycles. The molecule has 2 aromatic rings. The second kappa shape index (κ2) is 6.73. The minimum atomic E-state index is 0.676. The standard InChI is InChI=1S/C12H14Cl2N4/c13-11-3-1-4-12(14)10(11)9-15-5-2-7-18-8-6-16-17-18/h1,3-4,6,8,15H,2,5,7,9H2. The molecule has 0 amide bonds. The highest BCUT2D eigenvalue weighted by atomic mass is 35.5. The van der Waals surface area contributed by atoms with Crippen molar-refractivity contribution in [2.24, 2.45) is 0 Å². The molecule has 0 saturated heterocycles. The highest BCUT2D eigenvalue weighted by molar-refractivity contribution is 6.35. The van der Waals surface area contributed by atoms with E-state index in [1.807, 2.05) is 29.1 Å². The van der Waals surface area contributed by atoms with Crippen molar-refractivity contribution in [1.82, 2.24) is 20.3 Å². The summed E-state index contributed by atoms with van der Waals surface area (Å²) in [6.45, 7) is 2.40. The van der Waals surface area contributed by atoms with E-state index >= 15 is 0 Å². The van der Waals surface area contributed by atoms with Crippen molar-refractivity contribution in [3.63, 3.8) is 0 Å². The van der Waals surface area contributed by atoms with Gasteiger partial charge in [-0.05, 0) is 25.1 Å². The fraction of sp³-hybridized carbons (Fsp3) is 0.333. The van der Waals surface area contributed by atoms with E-state index in [0.717, 1.165) is 25.1 Å². The lowest BCUT2D eigenvalue weighted by molar-refractivity contribution is 0.530. The van der Waals surface area contributed by atoms with E-state index in [4.69, 9.17) is 23.2 Å². The third-order valence-electron chi connectivity index (χ3n) is 2.58. The van der Waals surface area contributed by atoms with Gasteiger partial charge in [0.25, 0.3) is 0 Å². The average Bonchev–Trinajstić information content (AvgIpc) is 2.85. The largest absolute Gasteiger partial charge is 0.312 e. The van der Waals surface area contributed by atoms with E-state index in [0.29, 0.717) is 16.6 Å². The van der Waals surface area contributed by atoms with E-state index in [1.54, 1.807) is 6.20 Å². The van der Waals surface area contributed by atoms with Crippen LogP contribution in [0.2, 0.25) is 10.0 Å². The highest BCUT2D eigenvalue weighted by Gasteiger charge is 2.04. The fourth-order valence-electron chi connectivity index (χ4n) is 1.63. The van der Waals surface area contributed by atoms with E-state index < -0.39 is 0 Å². The Morgan fingerprint density at radius 3 is 2.67 bits per heavy atom. The van der Waals surface area contributed by atoms with Crippen LogP contribution in [0.3, 0.4) is 0 Å². The van der Waals surface area contributed by atoms with Gasteiger partial charge >= 0.3 is 0 Å². The van der Waals surface area contributed by atoms with Crippen LogP contribution in [0.5, 0.6) is 0 Å². The molecular formula is C12H14Cl2N4. The lowest BCUT2D eigenvalue weighted by Gasteiger charge is -2.08. The van der Waals surface area contributed by atoms with Crippen LogP contribution >= 0.6 is 23.2 Å². The number of hydrogen-bond acceptors (Lipinski definition) is 3. The number of nitrogens with zero attached hydrogens (tertiary/aromatic N) is 3. The molecule has 1 aromatic heterocycles. The van der Waals surface area contributed by atoms with E-state index in [1.165, 1.54) is 0 Å². The molecule has 0 aliphatic heterocycles. The summed E-state index contributed by atoms with van der Waals surface area (Å²) in [5.74, 6) is 0. The summed E-state index contributed by atoms with van der Waals surface area (Å²) in [6.07, 6.45) is 4.51. The summed E-state index contributed by atoms with van der Waals surface area (Å²) in [5.41, 5.74) is 0.946. The number of halogens is 2. The predicted molar refractivity (Wildman–Crippen MR) is 72.8 cm³/mol. The van der Waals surface area contributed by atoms with Crippen molar-refractivity contribution in [2.45, 2.75) is 19.5 Å². The molecule has 0 atom stereocenters. The fourth-order valence-corrected chi connectivity index (χ4v) is 2.16. The quantitative estimate of drug-likeness (QED) is 0.830. The molecule has 1 N–H and O–H groups in total. The highest BCUT2D eigenvalue weighted by Crippen LogP contribution is 2.23. The van der Waals surface area contributed by atoms with Gasteiger partial charge < -0.3 is 5.32 Å². The number of aromatic nitrogens is 3. The first-order valence-electron chi connectivity index (χ1n) is 5.75. The summed E-state index contributed by atoms with van der Waals surface area (Å²) in [7, 11) is 0. The number of hydrogen-bond donors (Lipinski definition) is 1. The van der Waals surface area contributed by atoms with Crippen molar-refractivity contribution in [1.29, 1.82) is 0 Å². The molecule has 1 heterocycles. The molecule has 0 unspecified atom stereocenters. The SMILES string of the molecule is Clc1cccc(Cl)c1CNCCCn1ccnn1. The summed E-state index contributed by atoms with van der Waals surface area (Å²) >= 11 is 12.2. The average molecular weight is 285 g/mol. The Balaban J connectivity index is 1.72. The van der Waals surface area contributed by atoms with Gasteiger partial charge in [0.05, 0.1) is 6.20 Å². The van der Waals surface area contributed by atoms with Crippen LogP contribution in [-0.4, -0.2) is 21.5 Å². The topological polar surface area (TPSA) is 42.7 Å². The summed E-state index contributed by atoms with van der Waals surface area (Å²) in [5, 5.41) is 12.4. The van der Waals surface area contributed by atoms with E-state index in [-0.39, 0.29) is 0 Å². The van der Waals surface area contributed by atoms with Crippen LogP contribution < -0.4 is 5.32 Å². The maximum absolute atomic E-state index is 6.08. The molecule has 18 heavy (non-hydrogen) atoms. The minimum Gasteiger partial charge on any atom is -0.312 e. The van der Waals surface area contributed by atoms with Crippen LogP contribution in [0.1, 0.15) is 12.0 Å². The lowest BCUT2D eigenvalue weighted by atomic mass is 10.2. The van der Waals surface area contributed by atoms with Crippen LogP contribution in [-0.2, 0) is 13.1 Å². The summed E-state index contributed by atoms with van der Waals surface area (Å²) in [4.78, 5) is 0. The van der Waals surface area contributed by atoms with Gasteiger partial charge in [-0.1, -0.05) is 34.5 Å². The number of nitrogens with one attached hydrogen (secondary N) is 1. The van der Waals surface area contributed by atoms with Gasteiger partial charge in [-0.25, -0.2) is 0 Å². The molecule has 0 bridgehead atoms. The van der Waals surface area contributed by atoms with Crippen LogP contribution in [0.25, 0.3) is 0 Å². The predicted octanol–water partition coefficient (Wildman–Crippen LogP) is 2.76. The zero-order valence-electron chi connectivity index (χ0n) is 9.81. The second-order valence-corrected chi connectivity index (χ2v) is 4.71. The van der Waals surface area contributed by atoms with Crippen molar-refractivity contribution >= 4 is 23.2 Å². The molecule has 6 heteroatoms. The Bertz CT molecular complexity index is 465. The van der Waals surface area contributed by atoms with E-state index in [9.17, 15) is 0 Å². The van der Waals surface area contributed by atoms with Crippen LogP contribution in [0, 0.1) is 0 Å². The molecule has 2 rings (SSSR count). The number of aryl methyl sites for hydroxylation is 1. The number of rotatable bonds is 6. The third-order valence-corrected chi connectivity index (χ3v) is 3.28. The minimum absolute atomic E-state index is 0.676. The smallest absolute Gasteiger partial charge is 0.0692 e. The zero-order chi connectivity index (χ0) is 12.8. The first kappa shape index (κ1) is 13.3. The monoisotopic (exact) mass is 284 g/mol. The maximum atomic E-state index is 6.08. The molecule has 0 saturated carbocycles. The van der Waals surface area contributed by atoms with Gasteiger partial charge in [0, 0.05) is 34.9 Å². The van der Waals surface area contributed by atoms with Crippen molar-refractivity contribution in [2.75, 3.05) is 6.54 Å². The second-order valence-electron chi connectivity index (χ2n) is 3.90. The molecule has 0 radical (unpaired) electrons. The Hall–Kier alpha value is -1.10. The normalized spacial score (nSPS) is 10.8. The van der Waals surface area contributed by atoms with Crippen molar-refractivity contribution < 1.29 is 0 Å². The Morgan fingerprint density at radius 1 is 1.22 bits per heavy atom. The maximum Gasteiger partial charge on any atom is 0.0692 e. The Labute approximate surface area is 116 Å². The van der Waals surface area contributed by atoms with Crippen molar-refractivity contribution in [3.05, 3.63) is 46.2 Å². The molecule has 0 aliphatic carbocycles. The summed E-state index contributed by atoms with van der Waals surface area (Å²) in [6, 6.07) is 5.54. The van der Waals surface area contributed by atoms with Crippen LogP contribution in [0.15, 0.2) is 30.6 Å². The summed E-state index contributed by atoms with van der Waals surface area (Å²) < 4.78 is 1.81. The van der Waals surface area contributed by atoms with Gasteiger partial charge in [0.1, 0.15) is 0 Å². The third kappa shape index (κ3) is 3.70. The van der Waals surface area contributed by atoms with Gasteiger partial charge in [-0.3, -0.25) is 4.68 Å². The van der Waals surface area contributed by atoms with Gasteiger partial charge in [0.15, 0.2) is 0 Å². The van der Waals surface area contributed by atoms with Gasteiger partial charge in [-0.2, -0.15) is 0 Å². The molecule has 0 spiro atoms. The first-order valence-corrected chi connectivity index (χ1v) is 6.50. The Kier molecular flexibility index (Phi) is 4.99. The van der Waals surface area contributed by atoms with E-state index in [2.05, 4.69) is 15.6 Å². The molecule has 0 fully saturated rings. The molecule has 96 valence electrons. The molecule has 0 aliphatic rings. The zero-order valence-corrected chi connectivity index (χ0v) is 11.3. The molecular weight excluding hydrogens is 271 g/mol. The first-order chi connectivity index (χ1) is 8.77.